The van der Waals surface area contributed by atoms with E-state index in [4.69, 9.17) is 14.2 Å². The predicted molar refractivity (Wildman–Crippen MR) is 87.2 cm³/mol. The van der Waals surface area contributed by atoms with E-state index in [0.717, 1.165) is 24.8 Å². The number of esters is 1. The lowest BCUT2D eigenvalue weighted by atomic mass is 10.1. The molecule has 7 nitrogen and oxygen atoms in total. The monoisotopic (exact) mass is 337 g/mol. The first kappa shape index (κ1) is 18.4. The number of hydrogen-bond donors (Lipinski definition) is 0. The summed E-state index contributed by atoms with van der Waals surface area (Å²) in [5.41, 5.74) is 1.05. The topological polar surface area (TPSA) is 87.9 Å². The summed E-state index contributed by atoms with van der Waals surface area (Å²) in [4.78, 5) is 22.8. The third kappa shape index (κ3) is 4.75. The molecule has 0 radical (unpaired) electrons. The summed E-state index contributed by atoms with van der Waals surface area (Å²) in [6.07, 6.45) is 2.21. The molecule has 24 heavy (non-hydrogen) atoms. The highest BCUT2D eigenvalue weighted by atomic mass is 16.6. The Morgan fingerprint density at radius 1 is 1.42 bits per heavy atom. The molecular formula is C17H23NO6. The minimum absolute atomic E-state index is 0.00977. The molecule has 1 heterocycles. The van der Waals surface area contributed by atoms with Gasteiger partial charge in [-0.15, -0.1) is 0 Å². The molecule has 2 unspecified atom stereocenters. The van der Waals surface area contributed by atoms with Crippen molar-refractivity contribution in [2.24, 2.45) is 0 Å². The third-order valence-corrected chi connectivity index (χ3v) is 3.94. The van der Waals surface area contributed by atoms with Gasteiger partial charge in [-0.25, -0.2) is 4.79 Å². The van der Waals surface area contributed by atoms with Gasteiger partial charge in [0.1, 0.15) is 0 Å². The van der Waals surface area contributed by atoms with Gasteiger partial charge < -0.3 is 14.2 Å². The Morgan fingerprint density at radius 3 is 2.79 bits per heavy atom. The van der Waals surface area contributed by atoms with Gasteiger partial charge in [-0.3, -0.25) is 10.1 Å². The van der Waals surface area contributed by atoms with E-state index >= 15 is 0 Å². The van der Waals surface area contributed by atoms with Crippen molar-refractivity contribution in [3.8, 4) is 5.75 Å². The molecule has 2 atom stereocenters. The molecule has 2 rings (SSSR count). The number of carbonyl (C=O) groups excluding carboxylic acids is 1. The lowest BCUT2D eigenvalue weighted by Crippen LogP contribution is -2.32. The van der Waals surface area contributed by atoms with Crippen LogP contribution < -0.4 is 4.74 Å². The van der Waals surface area contributed by atoms with E-state index in [1.54, 1.807) is 26.8 Å². The van der Waals surface area contributed by atoms with Crippen LogP contribution in [0, 0.1) is 24.0 Å². The SMILES string of the molecule is Cc1cc(C)c(OC(=O)C(C)OCC2CCCCO2)c([N+](=O)[O-])c1. The number of rotatable bonds is 6. The smallest absolute Gasteiger partial charge is 0.340 e. The molecule has 0 spiro atoms. The highest BCUT2D eigenvalue weighted by Gasteiger charge is 2.25. The summed E-state index contributed by atoms with van der Waals surface area (Å²) in [5, 5.41) is 11.2. The second-order valence-electron chi connectivity index (χ2n) is 6.07. The molecule has 0 aliphatic carbocycles. The Balaban J connectivity index is 1.99. The molecule has 1 aliphatic rings. The van der Waals surface area contributed by atoms with Crippen LogP contribution in [0.3, 0.4) is 0 Å². The number of nitro benzene ring substituents is 1. The third-order valence-electron chi connectivity index (χ3n) is 3.94. The lowest BCUT2D eigenvalue weighted by Gasteiger charge is -2.23. The highest BCUT2D eigenvalue weighted by molar-refractivity contribution is 5.78. The van der Waals surface area contributed by atoms with Crippen LogP contribution in [0.25, 0.3) is 0 Å². The fraction of sp³-hybridized carbons (Fsp3) is 0.588. The van der Waals surface area contributed by atoms with Gasteiger partial charge in [0, 0.05) is 12.7 Å². The van der Waals surface area contributed by atoms with Crippen LogP contribution in [0.4, 0.5) is 5.69 Å². The van der Waals surface area contributed by atoms with Crippen LogP contribution in [0.1, 0.15) is 37.3 Å². The summed E-state index contributed by atoms with van der Waals surface area (Å²) in [5.74, 6) is -0.680. The maximum absolute atomic E-state index is 12.2. The molecular weight excluding hydrogens is 314 g/mol. The maximum Gasteiger partial charge on any atom is 0.340 e. The van der Waals surface area contributed by atoms with Crippen molar-refractivity contribution >= 4 is 11.7 Å². The van der Waals surface area contributed by atoms with Crippen LogP contribution >= 0.6 is 0 Å². The van der Waals surface area contributed by atoms with Crippen LogP contribution in [0.15, 0.2) is 12.1 Å². The Bertz CT molecular complexity index is 609. The number of benzene rings is 1. The van der Waals surface area contributed by atoms with Gasteiger partial charge in [-0.2, -0.15) is 0 Å². The van der Waals surface area contributed by atoms with Crippen molar-refractivity contribution < 1.29 is 23.9 Å². The molecule has 0 bridgehead atoms. The number of aryl methyl sites for hydroxylation is 2. The first-order chi connectivity index (χ1) is 11.4. The average Bonchev–Trinajstić information content (AvgIpc) is 2.55. The normalized spacial score (nSPS) is 18.9. The van der Waals surface area contributed by atoms with Crippen LogP contribution in [-0.2, 0) is 14.3 Å². The molecule has 1 aromatic carbocycles. The molecule has 1 aromatic rings. The van der Waals surface area contributed by atoms with Gasteiger partial charge in [0.2, 0.25) is 5.75 Å². The summed E-state index contributed by atoms with van der Waals surface area (Å²) in [6, 6.07) is 3.12. The zero-order chi connectivity index (χ0) is 17.7. The standard InChI is InChI=1S/C17H23NO6/c1-11-8-12(2)16(15(9-11)18(20)21)24-17(19)13(3)23-10-14-6-4-5-7-22-14/h8-9,13-14H,4-7,10H2,1-3H3. The molecule has 1 aliphatic heterocycles. The number of carbonyl (C=O) groups is 1. The van der Waals surface area contributed by atoms with Gasteiger partial charge in [0.25, 0.3) is 0 Å². The van der Waals surface area contributed by atoms with E-state index in [-0.39, 0.29) is 17.5 Å². The Kier molecular flexibility index (Phi) is 6.28. The quantitative estimate of drug-likeness (QED) is 0.343. The van der Waals surface area contributed by atoms with Gasteiger partial charge in [0.15, 0.2) is 6.10 Å². The zero-order valence-electron chi connectivity index (χ0n) is 14.2. The van der Waals surface area contributed by atoms with Crippen molar-refractivity contribution in [3.05, 3.63) is 33.4 Å². The lowest BCUT2D eigenvalue weighted by molar-refractivity contribution is -0.385. The average molecular weight is 337 g/mol. The summed E-state index contributed by atoms with van der Waals surface area (Å²) >= 11 is 0. The summed E-state index contributed by atoms with van der Waals surface area (Å²) in [6.45, 7) is 6.01. The van der Waals surface area contributed by atoms with Crippen LogP contribution in [0.2, 0.25) is 0 Å². The Hall–Kier alpha value is -1.99. The van der Waals surface area contributed by atoms with Gasteiger partial charge in [-0.1, -0.05) is 6.07 Å². The minimum atomic E-state index is -0.823. The van der Waals surface area contributed by atoms with Crippen LogP contribution in [0.5, 0.6) is 5.75 Å². The molecule has 0 aromatic heterocycles. The van der Waals surface area contributed by atoms with Crippen molar-refractivity contribution in [2.75, 3.05) is 13.2 Å². The maximum atomic E-state index is 12.2. The fourth-order valence-electron chi connectivity index (χ4n) is 2.64. The molecule has 0 saturated carbocycles. The van der Waals surface area contributed by atoms with Crippen molar-refractivity contribution in [1.29, 1.82) is 0 Å². The van der Waals surface area contributed by atoms with E-state index in [2.05, 4.69) is 0 Å². The molecule has 0 N–H and O–H groups in total. The molecule has 132 valence electrons. The second-order valence-corrected chi connectivity index (χ2v) is 6.07. The minimum Gasteiger partial charge on any atom is -0.417 e. The van der Waals surface area contributed by atoms with E-state index in [1.807, 2.05) is 0 Å². The van der Waals surface area contributed by atoms with E-state index in [1.165, 1.54) is 6.07 Å². The number of nitro groups is 1. The van der Waals surface area contributed by atoms with Gasteiger partial charge in [0.05, 0.1) is 17.6 Å². The number of hydrogen-bond acceptors (Lipinski definition) is 6. The van der Waals surface area contributed by atoms with E-state index in [0.29, 0.717) is 18.8 Å². The number of ether oxygens (including phenoxy) is 3. The van der Waals surface area contributed by atoms with Crippen molar-refractivity contribution in [1.82, 2.24) is 0 Å². The first-order valence-electron chi connectivity index (χ1n) is 8.09. The second kappa shape index (κ2) is 8.21. The molecule has 1 fully saturated rings. The molecule has 0 amide bonds. The van der Waals surface area contributed by atoms with Crippen molar-refractivity contribution in [2.45, 2.75) is 52.2 Å². The van der Waals surface area contributed by atoms with Gasteiger partial charge in [-0.05, 0) is 51.2 Å². The van der Waals surface area contributed by atoms with Crippen LogP contribution in [-0.4, -0.2) is 36.3 Å². The van der Waals surface area contributed by atoms with E-state index < -0.39 is 17.0 Å². The number of nitrogens with zero attached hydrogens (tertiary/aromatic N) is 1. The zero-order valence-corrected chi connectivity index (χ0v) is 14.2. The molecule has 7 heteroatoms. The fourth-order valence-corrected chi connectivity index (χ4v) is 2.64. The summed E-state index contributed by atoms with van der Waals surface area (Å²) < 4.78 is 16.3. The predicted octanol–water partition coefficient (Wildman–Crippen LogP) is 3.09. The Labute approximate surface area is 141 Å². The highest BCUT2D eigenvalue weighted by Crippen LogP contribution is 2.32. The van der Waals surface area contributed by atoms with E-state index in [9.17, 15) is 14.9 Å². The largest absolute Gasteiger partial charge is 0.417 e. The van der Waals surface area contributed by atoms with Gasteiger partial charge >= 0.3 is 11.7 Å². The summed E-state index contributed by atoms with van der Waals surface area (Å²) in [7, 11) is 0. The molecule has 1 saturated heterocycles. The van der Waals surface area contributed by atoms with Crippen molar-refractivity contribution in [3.63, 3.8) is 0 Å². The Morgan fingerprint density at radius 2 is 2.17 bits per heavy atom. The first-order valence-corrected chi connectivity index (χ1v) is 8.09.